The predicted molar refractivity (Wildman–Crippen MR) is 64.7 cm³/mol. The van der Waals surface area contributed by atoms with Crippen molar-refractivity contribution in [3.63, 3.8) is 0 Å². The summed E-state index contributed by atoms with van der Waals surface area (Å²) >= 11 is 0. The highest BCUT2D eigenvalue weighted by atomic mass is 16.7. The SMILES string of the molecule is N#C[C@H]1CC[C@H](OC(=O)c2ccc3c(c2)OCO3)C1. The monoisotopic (exact) mass is 259 g/mol. The topological polar surface area (TPSA) is 68.5 Å². The Morgan fingerprint density at radius 1 is 1.32 bits per heavy atom. The van der Waals surface area contributed by atoms with Crippen LogP contribution in [0.5, 0.6) is 11.5 Å². The summed E-state index contributed by atoms with van der Waals surface area (Å²) in [5, 5.41) is 8.82. The predicted octanol–water partition coefficient (Wildman–Crippen LogP) is 2.26. The molecule has 5 nitrogen and oxygen atoms in total. The number of nitriles is 1. The number of benzene rings is 1. The van der Waals surface area contributed by atoms with Crippen molar-refractivity contribution >= 4 is 5.97 Å². The van der Waals surface area contributed by atoms with Gasteiger partial charge in [-0.25, -0.2) is 4.79 Å². The van der Waals surface area contributed by atoms with Gasteiger partial charge in [-0.1, -0.05) is 0 Å². The van der Waals surface area contributed by atoms with E-state index >= 15 is 0 Å². The Kier molecular flexibility index (Phi) is 3.00. The maximum absolute atomic E-state index is 12.0. The largest absolute Gasteiger partial charge is 0.459 e. The molecule has 0 aromatic heterocycles. The van der Waals surface area contributed by atoms with Crippen LogP contribution in [0.25, 0.3) is 0 Å². The van der Waals surface area contributed by atoms with Crippen LogP contribution < -0.4 is 9.47 Å². The van der Waals surface area contributed by atoms with Crippen LogP contribution in [-0.2, 0) is 4.74 Å². The molecule has 5 heteroatoms. The van der Waals surface area contributed by atoms with E-state index in [9.17, 15) is 4.79 Å². The minimum atomic E-state index is -0.373. The van der Waals surface area contributed by atoms with Crippen molar-refractivity contribution < 1.29 is 19.0 Å². The van der Waals surface area contributed by atoms with Crippen LogP contribution >= 0.6 is 0 Å². The van der Waals surface area contributed by atoms with Crippen molar-refractivity contribution in [2.75, 3.05) is 6.79 Å². The van der Waals surface area contributed by atoms with Gasteiger partial charge < -0.3 is 14.2 Å². The van der Waals surface area contributed by atoms with Gasteiger partial charge in [-0.15, -0.1) is 0 Å². The van der Waals surface area contributed by atoms with Crippen molar-refractivity contribution in [3.8, 4) is 17.6 Å². The number of nitrogens with zero attached hydrogens (tertiary/aromatic N) is 1. The molecule has 1 aromatic rings. The molecule has 3 rings (SSSR count). The van der Waals surface area contributed by atoms with Crippen LogP contribution in [0.2, 0.25) is 0 Å². The lowest BCUT2D eigenvalue weighted by Crippen LogP contribution is -2.15. The van der Waals surface area contributed by atoms with Gasteiger partial charge in [-0.05, 0) is 31.0 Å². The Hall–Kier alpha value is -2.22. The number of hydrogen-bond acceptors (Lipinski definition) is 5. The lowest BCUT2D eigenvalue weighted by molar-refractivity contribution is 0.0313. The summed E-state index contributed by atoms with van der Waals surface area (Å²) < 4.78 is 15.8. The molecule has 0 bridgehead atoms. The molecule has 0 amide bonds. The highest BCUT2D eigenvalue weighted by Crippen LogP contribution is 2.33. The number of carbonyl (C=O) groups excluding carboxylic acids is 1. The minimum Gasteiger partial charge on any atom is -0.459 e. The number of esters is 1. The minimum absolute atomic E-state index is 0.00885. The molecule has 0 N–H and O–H groups in total. The quantitative estimate of drug-likeness (QED) is 0.762. The lowest BCUT2D eigenvalue weighted by atomic mass is 10.1. The van der Waals surface area contributed by atoms with Crippen molar-refractivity contribution in [2.24, 2.45) is 5.92 Å². The second-order valence-electron chi connectivity index (χ2n) is 4.73. The third-order valence-corrected chi connectivity index (χ3v) is 3.45. The van der Waals surface area contributed by atoms with Crippen molar-refractivity contribution in [3.05, 3.63) is 23.8 Å². The van der Waals surface area contributed by atoms with Gasteiger partial charge in [0.25, 0.3) is 0 Å². The molecule has 2 atom stereocenters. The molecule has 98 valence electrons. The summed E-state index contributed by atoms with van der Waals surface area (Å²) in [5.74, 6) is 0.842. The van der Waals surface area contributed by atoms with Gasteiger partial charge in [-0.3, -0.25) is 0 Å². The van der Waals surface area contributed by atoms with Gasteiger partial charge in [-0.2, -0.15) is 5.26 Å². The fourth-order valence-corrected chi connectivity index (χ4v) is 2.41. The molecule has 0 unspecified atom stereocenters. The Labute approximate surface area is 110 Å². The molecule has 1 fully saturated rings. The van der Waals surface area contributed by atoms with Gasteiger partial charge >= 0.3 is 5.97 Å². The van der Waals surface area contributed by atoms with Crippen LogP contribution in [0.15, 0.2) is 18.2 Å². The Morgan fingerprint density at radius 3 is 2.95 bits per heavy atom. The number of fused-ring (bicyclic) bond motifs is 1. The molecular formula is C14H13NO4. The van der Waals surface area contributed by atoms with Gasteiger partial charge in [0.2, 0.25) is 6.79 Å². The Bertz CT molecular complexity index is 549. The fraction of sp³-hybridized carbons (Fsp3) is 0.429. The molecule has 1 heterocycles. The molecule has 1 saturated carbocycles. The molecular weight excluding hydrogens is 246 g/mol. The highest BCUT2D eigenvalue weighted by molar-refractivity contribution is 5.90. The summed E-state index contributed by atoms with van der Waals surface area (Å²) in [6.45, 7) is 0.181. The molecule has 0 saturated heterocycles. The zero-order chi connectivity index (χ0) is 13.2. The Morgan fingerprint density at radius 2 is 2.16 bits per heavy atom. The van der Waals surface area contributed by atoms with Crippen molar-refractivity contribution in [1.82, 2.24) is 0 Å². The third-order valence-electron chi connectivity index (χ3n) is 3.45. The third kappa shape index (κ3) is 2.34. The first-order valence-corrected chi connectivity index (χ1v) is 6.26. The number of rotatable bonds is 2. The summed E-state index contributed by atoms with van der Waals surface area (Å²) in [6.07, 6.45) is 2.04. The highest BCUT2D eigenvalue weighted by Gasteiger charge is 2.28. The molecule has 0 spiro atoms. The zero-order valence-electron chi connectivity index (χ0n) is 10.3. The van der Waals surface area contributed by atoms with E-state index < -0.39 is 0 Å². The standard InChI is InChI=1S/C14H13NO4/c15-7-9-1-3-11(5-9)19-14(16)10-2-4-12-13(6-10)18-8-17-12/h2,4,6,9,11H,1,3,5,8H2/t9-,11-/m0/s1. The number of carbonyl (C=O) groups is 1. The van der Waals surface area contributed by atoms with Crippen molar-refractivity contribution in [1.29, 1.82) is 5.26 Å². The van der Waals surface area contributed by atoms with Crippen LogP contribution in [0.4, 0.5) is 0 Å². The average molecular weight is 259 g/mol. The van der Waals surface area contributed by atoms with E-state index in [-0.39, 0.29) is 24.8 Å². The first kappa shape index (κ1) is 11.8. The summed E-state index contributed by atoms with van der Waals surface area (Å²) in [5.41, 5.74) is 0.449. The summed E-state index contributed by atoms with van der Waals surface area (Å²) in [6, 6.07) is 7.20. The van der Waals surface area contributed by atoms with Gasteiger partial charge in [0.15, 0.2) is 11.5 Å². The summed E-state index contributed by atoms with van der Waals surface area (Å²) in [7, 11) is 0. The maximum Gasteiger partial charge on any atom is 0.338 e. The first-order valence-electron chi connectivity index (χ1n) is 6.26. The normalized spacial score (nSPS) is 23.9. The lowest BCUT2D eigenvalue weighted by Gasteiger charge is -2.11. The van der Waals surface area contributed by atoms with E-state index in [0.717, 1.165) is 12.8 Å². The van der Waals surface area contributed by atoms with Gasteiger partial charge in [0, 0.05) is 12.3 Å². The van der Waals surface area contributed by atoms with Crippen LogP contribution in [0.1, 0.15) is 29.6 Å². The number of hydrogen-bond donors (Lipinski definition) is 0. The number of ether oxygens (including phenoxy) is 3. The molecule has 19 heavy (non-hydrogen) atoms. The average Bonchev–Trinajstić information content (AvgIpc) is 3.05. The van der Waals surface area contributed by atoms with Gasteiger partial charge in [0.05, 0.1) is 11.6 Å². The van der Waals surface area contributed by atoms with E-state index in [1.165, 1.54) is 0 Å². The van der Waals surface area contributed by atoms with Crippen molar-refractivity contribution in [2.45, 2.75) is 25.4 Å². The van der Waals surface area contributed by atoms with Crippen LogP contribution in [0, 0.1) is 17.2 Å². The Balaban J connectivity index is 1.66. The molecule has 1 aliphatic heterocycles. The van der Waals surface area contributed by atoms with Crippen LogP contribution in [0.3, 0.4) is 0 Å². The molecule has 1 aliphatic carbocycles. The molecule has 2 aliphatic rings. The second-order valence-corrected chi connectivity index (χ2v) is 4.73. The van der Waals surface area contributed by atoms with E-state index in [4.69, 9.17) is 19.5 Å². The molecule has 0 radical (unpaired) electrons. The first-order chi connectivity index (χ1) is 9.26. The van der Waals surface area contributed by atoms with Gasteiger partial charge in [0.1, 0.15) is 6.10 Å². The van der Waals surface area contributed by atoms with E-state index in [0.29, 0.717) is 23.5 Å². The van der Waals surface area contributed by atoms with E-state index in [1.54, 1.807) is 18.2 Å². The maximum atomic E-state index is 12.0. The van der Waals surface area contributed by atoms with Crippen LogP contribution in [-0.4, -0.2) is 18.9 Å². The second kappa shape index (κ2) is 4.81. The molecule has 1 aromatic carbocycles. The van der Waals surface area contributed by atoms with E-state index in [2.05, 4.69) is 6.07 Å². The fourth-order valence-electron chi connectivity index (χ4n) is 2.41. The summed E-state index contributed by atoms with van der Waals surface area (Å²) in [4.78, 5) is 12.0. The zero-order valence-corrected chi connectivity index (χ0v) is 10.3. The smallest absolute Gasteiger partial charge is 0.338 e. The van der Waals surface area contributed by atoms with E-state index in [1.807, 2.05) is 0 Å².